The van der Waals surface area contributed by atoms with Crippen molar-refractivity contribution >= 4 is 5.97 Å². The van der Waals surface area contributed by atoms with E-state index in [2.05, 4.69) is 6.92 Å². The van der Waals surface area contributed by atoms with Gasteiger partial charge in [0.05, 0.1) is 0 Å². The third kappa shape index (κ3) is 9.48. The molecule has 0 unspecified atom stereocenters. The molecule has 158 valence electrons. The molecule has 0 aromatic carbocycles. The van der Waals surface area contributed by atoms with Crippen LogP contribution in [-0.2, 0) is 4.79 Å². The normalized spacial score (nSPS) is 28.9. The van der Waals surface area contributed by atoms with Crippen LogP contribution in [0.15, 0.2) is 0 Å². The fraction of sp³-hybridized carbons (Fsp3) is 0.960. The number of carboxylic acids is 1. The van der Waals surface area contributed by atoms with E-state index in [1.54, 1.807) is 0 Å². The highest BCUT2D eigenvalue weighted by Gasteiger charge is 2.30. The van der Waals surface area contributed by atoms with Gasteiger partial charge in [0.2, 0.25) is 0 Å². The van der Waals surface area contributed by atoms with Gasteiger partial charge in [-0.05, 0) is 55.8 Å². The van der Waals surface area contributed by atoms with E-state index in [9.17, 15) is 4.79 Å². The second-order valence-corrected chi connectivity index (χ2v) is 9.76. The Kier molecular flexibility index (Phi) is 11.5. The topological polar surface area (TPSA) is 37.3 Å². The monoisotopic (exact) mass is 378 g/mol. The van der Waals surface area contributed by atoms with Gasteiger partial charge in [0.1, 0.15) is 0 Å². The Balaban J connectivity index is 1.50. The van der Waals surface area contributed by atoms with Crippen molar-refractivity contribution < 1.29 is 9.90 Å². The van der Waals surface area contributed by atoms with E-state index < -0.39 is 5.97 Å². The minimum Gasteiger partial charge on any atom is -0.481 e. The van der Waals surface area contributed by atoms with E-state index in [0.29, 0.717) is 6.42 Å². The molecule has 0 heterocycles. The lowest BCUT2D eigenvalue weighted by Gasteiger charge is -2.38. The van der Waals surface area contributed by atoms with Crippen LogP contribution >= 0.6 is 0 Å². The average molecular weight is 379 g/mol. The van der Waals surface area contributed by atoms with Crippen molar-refractivity contribution in [3.05, 3.63) is 0 Å². The average Bonchev–Trinajstić information content (AvgIpc) is 2.68. The largest absolute Gasteiger partial charge is 0.481 e. The fourth-order valence-corrected chi connectivity index (χ4v) is 5.82. The second-order valence-electron chi connectivity index (χ2n) is 9.76. The SMILES string of the molecule is CCCCCCC[C@H]1CC[C@H]([C@H]2CC[C@H](CCCCCC(=O)O)CC2)CC1. The van der Waals surface area contributed by atoms with E-state index in [1.165, 1.54) is 103 Å². The van der Waals surface area contributed by atoms with Crippen LogP contribution in [0.3, 0.4) is 0 Å². The van der Waals surface area contributed by atoms with Crippen molar-refractivity contribution in [1.82, 2.24) is 0 Å². The minimum atomic E-state index is -0.637. The van der Waals surface area contributed by atoms with Gasteiger partial charge < -0.3 is 5.11 Å². The summed E-state index contributed by atoms with van der Waals surface area (Å²) in [5.41, 5.74) is 0. The predicted octanol–water partition coefficient (Wildman–Crippen LogP) is 7.99. The summed E-state index contributed by atoms with van der Waals surface area (Å²) in [5.74, 6) is 3.41. The van der Waals surface area contributed by atoms with Crippen molar-refractivity contribution in [3.8, 4) is 0 Å². The van der Waals surface area contributed by atoms with Crippen LogP contribution in [-0.4, -0.2) is 11.1 Å². The molecule has 0 aliphatic heterocycles. The van der Waals surface area contributed by atoms with Crippen molar-refractivity contribution in [1.29, 1.82) is 0 Å². The highest BCUT2D eigenvalue weighted by molar-refractivity contribution is 5.66. The quantitative estimate of drug-likeness (QED) is 0.330. The summed E-state index contributed by atoms with van der Waals surface area (Å²) in [6.07, 6.45) is 25.5. The number of carbonyl (C=O) groups is 1. The zero-order valence-corrected chi connectivity index (χ0v) is 18.1. The van der Waals surface area contributed by atoms with E-state index in [4.69, 9.17) is 5.11 Å². The molecule has 0 saturated heterocycles. The Morgan fingerprint density at radius 2 is 1.11 bits per heavy atom. The Labute approximate surface area is 168 Å². The fourth-order valence-electron chi connectivity index (χ4n) is 5.82. The summed E-state index contributed by atoms with van der Waals surface area (Å²) >= 11 is 0. The molecule has 2 rings (SSSR count). The summed E-state index contributed by atoms with van der Waals surface area (Å²) in [7, 11) is 0. The number of unbranched alkanes of at least 4 members (excludes halogenated alkanes) is 6. The molecule has 0 radical (unpaired) electrons. The summed E-state index contributed by atoms with van der Waals surface area (Å²) in [6.45, 7) is 2.30. The molecular formula is C25H46O2. The molecule has 27 heavy (non-hydrogen) atoms. The third-order valence-electron chi connectivity index (χ3n) is 7.67. The summed E-state index contributed by atoms with van der Waals surface area (Å²) in [4.78, 5) is 10.6. The van der Waals surface area contributed by atoms with Gasteiger partial charge in [-0.1, -0.05) is 90.4 Å². The van der Waals surface area contributed by atoms with Crippen LogP contribution in [0.2, 0.25) is 0 Å². The standard InChI is InChI=1S/C25H46O2/c1-2-3-4-5-7-10-21-13-17-23(18-14-21)24-19-15-22(16-20-24)11-8-6-9-12-25(26)27/h21-24H,2-20H2,1H3,(H,26,27)/t21-,22-,23-,24-. The predicted molar refractivity (Wildman–Crippen MR) is 115 cm³/mol. The number of aliphatic carboxylic acids is 1. The van der Waals surface area contributed by atoms with Gasteiger partial charge >= 0.3 is 5.97 Å². The Morgan fingerprint density at radius 3 is 1.56 bits per heavy atom. The molecule has 2 fully saturated rings. The Morgan fingerprint density at radius 1 is 0.667 bits per heavy atom. The second kappa shape index (κ2) is 13.6. The lowest BCUT2D eigenvalue weighted by Crippen LogP contribution is -2.25. The maximum atomic E-state index is 10.6. The number of hydrogen-bond acceptors (Lipinski definition) is 1. The van der Waals surface area contributed by atoms with E-state index in [1.807, 2.05) is 0 Å². The van der Waals surface area contributed by atoms with Gasteiger partial charge in [0.15, 0.2) is 0 Å². The van der Waals surface area contributed by atoms with E-state index in [-0.39, 0.29) is 0 Å². The molecule has 2 heteroatoms. The number of carboxylic acid groups (broad SMARTS) is 1. The molecule has 0 aromatic heterocycles. The van der Waals surface area contributed by atoms with Crippen LogP contribution < -0.4 is 0 Å². The number of rotatable bonds is 13. The summed E-state index contributed by atoms with van der Waals surface area (Å²) in [5, 5.41) is 8.70. The van der Waals surface area contributed by atoms with Gasteiger partial charge in [-0.2, -0.15) is 0 Å². The maximum absolute atomic E-state index is 10.6. The summed E-state index contributed by atoms with van der Waals surface area (Å²) < 4.78 is 0. The lowest BCUT2D eigenvalue weighted by atomic mass is 9.68. The lowest BCUT2D eigenvalue weighted by molar-refractivity contribution is -0.137. The molecule has 0 bridgehead atoms. The molecule has 2 aliphatic carbocycles. The smallest absolute Gasteiger partial charge is 0.303 e. The van der Waals surface area contributed by atoms with Crippen molar-refractivity contribution in [2.45, 2.75) is 129 Å². The van der Waals surface area contributed by atoms with Crippen LogP contribution in [0, 0.1) is 23.7 Å². The minimum absolute atomic E-state index is 0.355. The zero-order valence-electron chi connectivity index (χ0n) is 18.1. The van der Waals surface area contributed by atoms with Gasteiger partial charge in [0, 0.05) is 6.42 Å². The molecule has 1 N–H and O–H groups in total. The first-order valence-electron chi connectivity index (χ1n) is 12.4. The molecular weight excluding hydrogens is 332 g/mol. The molecule has 2 aliphatic rings. The van der Waals surface area contributed by atoms with Gasteiger partial charge in [-0.15, -0.1) is 0 Å². The third-order valence-corrected chi connectivity index (χ3v) is 7.67. The van der Waals surface area contributed by atoms with Gasteiger partial charge in [-0.25, -0.2) is 0 Å². The molecule has 0 spiro atoms. The first kappa shape index (κ1) is 22.8. The maximum Gasteiger partial charge on any atom is 0.303 e. The molecule has 0 atom stereocenters. The molecule has 2 saturated carbocycles. The van der Waals surface area contributed by atoms with Crippen molar-refractivity contribution in [3.63, 3.8) is 0 Å². The zero-order chi connectivity index (χ0) is 19.3. The van der Waals surface area contributed by atoms with Crippen molar-refractivity contribution in [2.75, 3.05) is 0 Å². The Bertz CT molecular complexity index is 376. The van der Waals surface area contributed by atoms with Crippen LogP contribution in [0.25, 0.3) is 0 Å². The van der Waals surface area contributed by atoms with Crippen LogP contribution in [0.5, 0.6) is 0 Å². The molecule has 0 amide bonds. The van der Waals surface area contributed by atoms with E-state index >= 15 is 0 Å². The van der Waals surface area contributed by atoms with Gasteiger partial charge in [0.25, 0.3) is 0 Å². The Hall–Kier alpha value is -0.530. The highest BCUT2D eigenvalue weighted by atomic mass is 16.4. The van der Waals surface area contributed by atoms with Crippen LogP contribution in [0.1, 0.15) is 129 Å². The summed E-state index contributed by atoms with van der Waals surface area (Å²) in [6, 6.07) is 0. The first-order chi connectivity index (χ1) is 13.2. The molecule has 0 aromatic rings. The van der Waals surface area contributed by atoms with Crippen molar-refractivity contribution in [2.24, 2.45) is 23.7 Å². The van der Waals surface area contributed by atoms with E-state index in [0.717, 1.165) is 36.5 Å². The number of hydrogen-bond donors (Lipinski definition) is 1. The molecule has 2 nitrogen and oxygen atoms in total. The van der Waals surface area contributed by atoms with Crippen LogP contribution in [0.4, 0.5) is 0 Å². The highest BCUT2D eigenvalue weighted by Crippen LogP contribution is 2.43. The first-order valence-corrected chi connectivity index (χ1v) is 12.4. The van der Waals surface area contributed by atoms with Gasteiger partial charge in [-0.3, -0.25) is 4.79 Å².